The molecule has 0 bridgehead atoms. The Morgan fingerprint density at radius 2 is 2.29 bits per heavy atom. The van der Waals surface area contributed by atoms with Crippen LogP contribution in [0.4, 0.5) is 0 Å². The molecule has 2 unspecified atom stereocenters. The third kappa shape index (κ3) is 4.61. The number of carbonyl (C=O) groups is 1. The van der Waals surface area contributed by atoms with Crippen LogP contribution in [0.3, 0.4) is 0 Å². The molecule has 1 aliphatic heterocycles. The lowest BCUT2D eigenvalue weighted by Crippen LogP contribution is -2.59. The van der Waals surface area contributed by atoms with Gasteiger partial charge in [0.2, 0.25) is 0 Å². The molecule has 1 N–H and O–H groups in total. The van der Waals surface area contributed by atoms with Gasteiger partial charge in [-0.2, -0.15) is 0 Å². The van der Waals surface area contributed by atoms with Gasteiger partial charge in [-0.15, -0.1) is 0 Å². The summed E-state index contributed by atoms with van der Waals surface area (Å²) in [7, 11) is 0. The third-order valence-corrected chi connectivity index (χ3v) is 3.41. The summed E-state index contributed by atoms with van der Waals surface area (Å²) < 4.78 is 11.2. The summed E-state index contributed by atoms with van der Waals surface area (Å²) in [5.74, 6) is -0.173. The summed E-state index contributed by atoms with van der Waals surface area (Å²) in [5, 5.41) is 9.12. The normalized spacial score (nSPS) is 26.6. The number of esters is 1. The first-order valence-electron chi connectivity index (χ1n) is 6.35. The third-order valence-electron chi connectivity index (χ3n) is 3.41. The lowest BCUT2D eigenvalue weighted by molar-refractivity contribution is -0.926. The average molecular weight is 246 g/mol. The zero-order chi connectivity index (χ0) is 12.7. The van der Waals surface area contributed by atoms with Crippen molar-refractivity contribution in [2.24, 2.45) is 0 Å². The minimum atomic E-state index is -0.173. The minimum absolute atomic E-state index is 0.0939. The molecule has 0 aromatic carbocycles. The fourth-order valence-corrected chi connectivity index (χ4v) is 2.02. The van der Waals surface area contributed by atoms with Gasteiger partial charge in [-0.1, -0.05) is 6.92 Å². The molecule has 1 fully saturated rings. The molecule has 100 valence electrons. The molecule has 0 aromatic heterocycles. The van der Waals surface area contributed by atoms with Crippen LogP contribution in [0.5, 0.6) is 0 Å². The highest BCUT2D eigenvalue weighted by atomic mass is 16.5. The van der Waals surface area contributed by atoms with Crippen LogP contribution in [0.25, 0.3) is 0 Å². The number of rotatable bonds is 7. The van der Waals surface area contributed by atoms with E-state index in [4.69, 9.17) is 14.6 Å². The summed E-state index contributed by atoms with van der Waals surface area (Å²) >= 11 is 0. The van der Waals surface area contributed by atoms with Crippen LogP contribution >= 0.6 is 0 Å². The van der Waals surface area contributed by atoms with E-state index in [1.807, 2.05) is 6.92 Å². The van der Waals surface area contributed by atoms with Crippen LogP contribution < -0.4 is 0 Å². The molecule has 1 aliphatic rings. The van der Waals surface area contributed by atoms with Crippen molar-refractivity contribution in [3.8, 4) is 0 Å². The number of quaternary nitrogens is 1. The molecule has 0 spiro atoms. The Morgan fingerprint density at radius 1 is 1.53 bits per heavy atom. The Labute approximate surface area is 103 Å². The fraction of sp³-hybridized carbons (Fsp3) is 0.917. The number of nitrogens with zero attached hydrogens (tertiary/aromatic N) is 1. The molecule has 2 atom stereocenters. The molecule has 1 heterocycles. The van der Waals surface area contributed by atoms with Crippen molar-refractivity contribution in [2.75, 3.05) is 46.0 Å². The van der Waals surface area contributed by atoms with Gasteiger partial charge < -0.3 is 19.1 Å². The van der Waals surface area contributed by atoms with E-state index in [0.29, 0.717) is 30.8 Å². The second-order valence-electron chi connectivity index (χ2n) is 4.70. The molecule has 5 nitrogen and oxygen atoms in total. The van der Waals surface area contributed by atoms with E-state index >= 15 is 0 Å². The molecule has 1 saturated heterocycles. The molecule has 0 radical (unpaired) electrons. The quantitative estimate of drug-likeness (QED) is 0.514. The first-order chi connectivity index (χ1) is 8.12. The highest BCUT2D eigenvalue weighted by molar-refractivity contribution is 5.71. The SMILES string of the molecule is CCC(C)OCC[N+]1(CCO)CCOC(=O)C1. The van der Waals surface area contributed by atoms with Crippen LogP contribution in [0.1, 0.15) is 20.3 Å². The topological polar surface area (TPSA) is 55.8 Å². The Morgan fingerprint density at radius 3 is 2.88 bits per heavy atom. The standard InChI is InChI=1S/C12H24NO4/c1-3-11(2)16-8-5-13(4-7-14)6-9-17-12(15)10-13/h11,14H,3-10H2,1-2H3/q+1. The Balaban J connectivity index is 2.44. The van der Waals surface area contributed by atoms with Crippen molar-refractivity contribution < 1.29 is 23.9 Å². The van der Waals surface area contributed by atoms with Crippen LogP contribution in [0, 0.1) is 0 Å². The molecule has 17 heavy (non-hydrogen) atoms. The second-order valence-corrected chi connectivity index (χ2v) is 4.70. The van der Waals surface area contributed by atoms with E-state index in [9.17, 15) is 4.79 Å². The summed E-state index contributed by atoms with van der Waals surface area (Å²) in [6.45, 7) is 7.78. The number of aliphatic hydroxyl groups is 1. The Hall–Kier alpha value is -0.650. The van der Waals surface area contributed by atoms with Gasteiger partial charge >= 0.3 is 5.97 Å². The van der Waals surface area contributed by atoms with E-state index in [-0.39, 0.29) is 18.7 Å². The second kappa shape index (κ2) is 6.93. The van der Waals surface area contributed by atoms with Crippen molar-refractivity contribution in [1.29, 1.82) is 0 Å². The molecule has 0 amide bonds. The lowest BCUT2D eigenvalue weighted by Gasteiger charge is -2.39. The van der Waals surface area contributed by atoms with Gasteiger partial charge in [-0.3, -0.25) is 0 Å². The number of hydrogen-bond acceptors (Lipinski definition) is 4. The van der Waals surface area contributed by atoms with Gasteiger partial charge in [0.05, 0.1) is 19.3 Å². The van der Waals surface area contributed by atoms with Crippen LogP contribution in [0.2, 0.25) is 0 Å². The number of aliphatic hydroxyl groups excluding tert-OH is 1. The van der Waals surface area contributed by atoms with Gasteiger partial charge in [0.15, 0.2) is 6.54 Å². The van der Waals surface area contributed by atoms with Gasteiger partial charge in [-0.25, -0.2) is 4.79 Å². The highest BCUT2D eigenvalue weighted by Gasteiger charge is 2.34. The van der Waals surface area contributed by atoms with Gasteiger partial charge in [0.1, 0.15) is 26.2 Å². The van der Waals surface area contributed by atoms with Gasteiger partial charge in [-0.05, 0) is 13.3 Å². The van der Waals surface area contributed by atoms with E-state index in [1.54, 1.807) is 0 Å². The zero-order valence-corrected chi connectivity index (χ0v) is 10.9. The fourth-order valence-electron chi connectivity index (χ4n) is 2.02. The van der Waals surface area contributed by atoms with Gasteiger partial charge in [0.25, 0.3) is 0 Å². The summed E-state index contributed by atoms with van der Waals surface area (Å²) in [5.41, 5.74) is 0. The molecular formula is C12H24NO4+. The summed E-state index contributed by atoms with van der Waals surface area (Å²) in [6.07, 6.45) is 1.24. The lowest BCUT2D eigenvalue weighted by atomic mass is 10.2. The van der Waals surface area contributed by atoms with Crippen molar-refractivity contribution in [1.82, 2.24) is 0 Å². The maximum absolute atomic E-state index is 11.3. The predicted octanol–water partition coefficient (Wildman–Crippen LogP) is 0.167. The molecular weight excluding hydrogens is 222 g/mol. The number of ether oxygens (including phenoxy) is 2. The number of morpholine rings is 1. The number of cyclic esters (lactones) is 1. The average Bonchev–Trinajstić information content (AvgIpc) is 2.29. The first kappa shape index (κ1) is 14.4. The predicted molar refractivity (Wildman–Crippen MR) is 63.5 cm³/mol. The smallest absolute Gasteiger partial charge is 0.362 e. The van der Waals surface area contributed by atoms with Crippen LogP contribution in [-0.2, 0) is 14.3 Å². The Bertz CT molecular complexity index is 243. The Kier molecular flexibility index (Phi) is 5.88. The van der Waals surface area contributed by atoms with E-state index in [0.717, 1.165) is 19.5 Å². The summed E-state index contributed by atoms with van der Waals surface area (Å²) in [6, 6.07) is 0. The van der Waals surface area contributed by atoms with Crippen molar-refractivity contribution in [3.63, 3.8) is 0 Å². The van der Waals surface area contributed by atoms with Crippen molar-refractivity contribution in [3.05, 3.63) is 0 Å². The zero-order valence-electron chi connectivity index (χ0n) is 10.9. The van der Waals surface area contributed by atoms with Crippen molar-refractivity contribution in [2.45, 2.75) is 26.4 Å². The first-order valence-corrected chi connectivity index (χ1v) is 6.35. The van der Waals surface area contributed by atoms with Crippen molar-refractivity contribution >= 4 is 5.97 Å². The monoisotopic (exact) mass is 246 g/mol. The number of hydrogen-bond donors (Lipinski definition) is 1. The minimum Gasteiger partial charge on any atom is -0.456 e. The largest absolute Gasteiger partial charge is 0.456 e. The molecule has 1 rings (SSSR count). The molecule has 5 heteroatoms. The van der Waals surface area contributed by atoms with Crippen LogP contribution in [-0.4, -0.2) is 67.7 Å². The maximum Gasteiger partial charge on any atom is 0.362 e. The van der Waals surface area contributed by atoms with Crippen LogP contribution in [0.15, 0.2) is 0 Å². The van der Waals surface area contributed by atoms with E-state index in [1.165, 1.54) is 0 Å². The van der Waals surface area contributed by atoms with E-state index < -0.39 is 0 Å². The highest BCUT2D eigenvalue weighted by Crippen LogP contribution is 2.12. The molecule has 0 aromatic rings. The van der Waals surface area contributed by atoms with Gasteiger partial charge in [0, 0.05) is 0 Å². The summed E-state index contributed by atoms with van der Waals surface area (Å²) in [4.78, 5) is 11.3. The molecule has 0 saturated carbocycles. The molecule has 0 aliphatic carbocycles. The van der Waals surface area contributed by atoms with E-state index in [2.05, 4.69) is 6.92 Å². The maximum atomic E-state index is 11.3. The number of carbonyl (C=O) groups excluding carboxylic acids is 1.